The van der Waals surface area contributed by atoms with E-state index in [9.17, 15) is 0 Å². The molecule has 0 amide bonds. The van der Waals surface area contributed by atoms with Crippen molar-refractivity contribution >= 4 is 11.6 Å². The van der Waals surface area contributed by atoms with E-state index < -0.39 is 0 Å². The minimum atomic E-state index is 0.355. The Bertz CT molecular complexity index is 670. The smallest absolute Gasteiger partial charge is 0.186 e. The van der Waals surface area contributed by atoms with Gasteiger partial charge >= 0.3 is 0 Å². The monoisotopic (exact) mass is 274 g/mol. The summed E-state index contributed by atoms with van der Waals surface area (Å²) in [6.45, 7) is 0. The minimum absolute atomic E-state index is 0.355. The van der Waals surface area contributed by atoms with Crippen LogP contribution in [0.3, 0.4) is 0 Å². The first kappa shape index (κ1) is 12.0. The van der Waals surface area contributed by atoms with Crippen molar-refractivity contribution in [3.63, 3.8) is 0 Å². The fraction of sp³-hybridized carbons (Fsp3) is 0.308. The highest BCUT2D eigenvalue weighted by atomic mass is 35.5. The number of hydrogen-bond donors (Lipinski definition) is 0. The first-order valence-electron chi connectivity index (χ1n) is 5.94. The number of benzene rings is 1. The Morgan fingerprint density at radius 2 is 2.26 bits per heavy atom. The Hall–Kier alpha value is -2.06. The summed E-state index contributed by atoms with van der Waals surface area (Å²) < 4.78 is 6.99. The van der Waals surface area contributed by atoms with Crippen molar-refractivity contribution < 1.29 is 4.74 Å². The van der Waals surface area contributed by atoms with Crippen LogP contribution in [0.5, 0.6) is 5.75 Å². The minimum Gasteiger partial charge on any atom is -0.494 e. The normalized spacial score (nSPS) is 14.2. The van der Waals surface area contributed by atoms with E-state index in [0.29, 0.717) is 28.1 Å². The molecule has 2 aromatic rings. The predicted molar refractivity (Wildman–Crippen MR) is 69.6 cm³/mol. The summed E-state index contributed by atoms with van der Waals surface area (Å²) in [5.41, 5.74) is 1.94. The van der Waals surface area contributed by atoms with Crippen molar-refractivity contribution in [3.8, 4) is 17.5 Å². The number of aromatic nitrogens is 3. The molecule has 1 aromatic heterocycles. The van der Waals surface area contributed by atoms with Crippen LogP contribution >= 0.6 is 11.6 Å². The second-order valence-electron chi connectivity index (χ2n) is 4.44. The molecule has 0 atom stereocenters. The zero-order chi connectivity index (χ0) is 13.4. The molecule has 96 valence electrons. The van der Waals surface area contributed by atoms with E-state index in [0.717, 1.165) is 18.5 Å². The highest BCUT2D eigenvalue weighted by molar-refractivity contribution is 6.30. The summed E-state index contributed by atoms with van der Waals surface area (Å²) in [5.74, 6) is 1.01. The zero-order valence-electron chi connectivity index (χ0n) is 10.3. The Kier molecular flexibility index (Phi) is 2.88. The first-order chi connectivity index (χ1) is 9.24. The molecule has 1 aliphatic carbocycles. The summed E-state index contributed by atoms with van der Waals surface area (Å²) in [5, 5.41) is 17.7. The largest absolute Gasteiger partial charge is 0.494 e. The van der Waals surface area contributed by atoms with Crippen molar-refractivity contribution in [2.75, 3.05) is 7.11 Å². The van der Waals surface area contributed by atoms with Crippen LogP contribution < -0.4 is 4.74 Å². The number of methoxy groups -OCH3 is 1. The third-order valence-corrected chi connectivity index (χ3v) is 3.38. The average Bonchev–Trinajstić information content (AvgIpc) is 3.17. The second-order valence-corrected chi connectivity index (χ2v) is 4.87. The van der Waals surface area contributed by atoms with E-state index in [1.54, 1.807) is 30.0 Å². The lowest BCUT2D eigenvalue weighted by molar-refractivity contribution is 0.411. The van der Waals surface area contributed by atoms with Gasteiger partial charge < -0.3 is 4.74 Å². The van der Waals surface area contributed by atoms with Gasteiger partial charge in [-0.25, -0.2) is 4.68 Å². The van der Waals surface area contributed by atoms with Gasteiger partial charge in [-0.1, -0.05) is 16.8 Å². The van der Waals surface area contributed by atoms with E-state index in [4.69, 9.17) is 21.6 Å². The summed E-state index contributed by atoms with van der Waals surface area (Å²) in [4.78, 5) is 0. The van der Waals surface area contributed by atoms with Gasteiger partial charge in [-0.2, -0.15) is 5.26 Å². The van der Waals surface area contributed by atoms with Gasteiger partial charge in [0.2, 0.25) is 0 Å². The van der Waals surface area contributed by atoms with E-state index in [-0.39, 0.29) is 0 Å². The quantitative estimate of drug-likeness (QED) is 0.863. The molecule has 0 aliphatic heterocycles. The van der Waals surface area contributed by atoms with Gasteiger partial charge in [-0.15, -0.1) is 5.10 Å². The molecule has 5 nitrogen and oxygen atoms in total. The first-order valence-corrected chi connectivity index (χ1v) is 6.32. The van der Waals surface area contributed by atoms with Gasteiger partial charge in [-0.3, -0.25) is 0 Å². The second kappa shape index (κ2) is 4.56. The highest BCUT2D eigenvalue weighted by Gasteiger charge is 2.32. The van der Waals surface area contributed by atoms with Crippen molar-refractivity contribution in [2.45, 2.75) is 18.8 Å². The molecule has 0 unspecified atom stereocenters. The van der Waals surface area contributed by atoms with Crippen LogP contribution in [0.25, 0.3) is 5.69 Å². The number of nitriles is 1. The number of nitrogens with zero attached hydrogens (tertiary/aromatic N) is 4. The lowest BCUT2D eigenvalue weighted by atomic mass is 10.2. The molecule has 1 heterocycles. The molecule has 0 N–H and O–H groups in total. The Balaban J connectivity index is 2.20. The SMILES string of the molecule is COc1ccc(Cl)cc1-n1nnc(C#N)c1C1CC1. The zero-order valence-corrected chi connectivity index (χ0v) is 11.1. The van der Waals surface area contributed by atoms with Crippen molar-refractivity contribution in [1.82, 2.24) is 15.0 Å². The maximum Gasteiger partial charge on any atom is 0.186 e. The van der Waals surface area contributed by atoms with Crippen LogP contribution in [-0.2, 0) is 0 Å². The van der Waals surface area contributed by atoms with Crippen LogP contribution in [0.4, 0.5) is 0 Å². The Morgan fingerprint density at radius 1 is 1.47 bits per heavy atom. The summed E-state index contributed by atoms with van der Waals surface area (Å²) >= 11 is 6.03. The highest BCUT2D eigenvalue weighted by Crippen LogP contribution is 2.42. The number of hydrogen-bond acceptors (Lipinski definition) is 4. The molecule has 1 aliphatic rings. The maximum absolute atomic E-state index is 9.11. The number of rotatable bonds is 3. The van der Waals surface area contributed by atoms with Crippen LogP contribution in [-0.4, -0.2) is 22.1 Å². The van der Waals surface area contributed by atoms with Gasteiger partial charge in [-0.05, 0) is 31.0 Å². The molecular formula is C13H11ClN4O. The van der Waals surface area contributed by atoms with Gasteiger partial charge in [0.05, 0.1) is 12.8 Å². The van der Waals surface area contributed by atoms with Crippen molar-refractivity contribution in [3.05, 3.63) is 34.6 Å². The van der Waals surface area contributed by atoms with Gasteiger partial charge in [0, 0.05) is 10.9 Å². The van der Waals surface area contributed by atoms with Gasteiger partial charge in [0.25, 0.3) is 0 Å². The third-order valence-electron chi connectivity index (χ3n) is 3.14. The molecule has 0 bridgehead atoms. The topological polar surface area (TPSA) is 63.7 Å². The fourth-order valence-corrected chi connectivity index (χ4v) is 2.26. The fourth-order valence-electron chi connectivity index (χ4n) is 2.10. The van der Waals surface area contributed by atoms with Crippen LogP contribution in [0.1, 0.15) is 30.1 Å². The molecule has 0 spiro atoms. The molecule has 6 heteroatoms. The van der Waals surface area contributed by atoms with Gasteiger partial charge in [0.1, 0.15) is 17.5 Å². The summed E-state index contributed by atoms with van der Waals surface area (Å²) in [6.07, 6.45) is 2.12. The molecular weight excluding hydrogens is 264 g/mol. The molecule has 0 radical (unpaired) electrons. The van der Waals surface area contributed by atoms with Crippen molar-refractivity contribution in [2.24, 2.45) is 0 Å². The number of halogens is 1. The standard InChI is InChI=1S/C13H11ClN4O/c1-19-12-5-4-9(14)6-11(12)18-13(8-2-3-8)10(7-15)16-17-18/h4-6,8H,2-3H2,1H3. The molecule has 3 rings (SSSR count). The van der Waals surface area contributed by atoms with E-state index in [1.165, 1.54) is 0 Å². The molecule has 1 aromatic carbocycles. The molecule has 0 saturated heterocycles. The lowest BCUT2D eigenvalue weighted by Crippen LogP contribution is -2.04. The molecule has 19 heavy (non-hydrogen) atoms. The van der Waals surface area contributed by atoms with E-state index >= 15 is 0 Å². The predicted octanol–water partition coefficient (Wildman–Crippen LogP) is 2.68. The Labute approximate surface area is 115 Å². The van der Waals surface area contributed by atoms with Crippen LogP contribution in [0, 0.1) is 11.3 Å². The van der Waals surface area contributed by atoms with Gasteiger partial charge in [0.15, 0.2) is 5.69 Å². The summed E-state index contributed by atoms with van der Waals surface area (Å²) in [7, 11) is 1.59. The van der Waals surface area contributed by atoms with E-state index in [2.05, 4.69) is 16.4 Å². The molecule has 1 saturated carbocycles. The van der Waals surface area contributed by atoms with Crippen LogP contribution in [0.2, 0.25) is 5.02 Å². The molecule has 1 fully saturated rings. The lowest BCUT2D eigenvalue weighted by Gasteiger charge is -2.10. The summed E-state index contributed by atoms with van der Waals surface area (Å²) in [6, 6.07) is 7.39. The van der Waals surface area contributed by atoms with Crippen molar-refractivity contribution in [1.29, 1.82) is 5.26 Å². The van der Waals surface area contributed by atoms with Crippen LogP contribution in [0.15, 0.2) is 18.2 Å². The van der Waals surface area contributed by atoms with E-state index in [1.807, 2.05) is 0 Å². The number of ether oxygens (including phenoxy) is 1. The Morgan fingerprint density at radius 3 is 2.89 bits per heavy atom. The maximum atomic E-state index is 9.11. The average molecular weight is 275 g/mol. The third kappa shape index (κ3) is 2.04.